The Morgan fingerprint density at radius 1 is 0.970 bits per heavy atom. The Balaban J connectivity index is 1.68. The quantitative estimate of drug-likeness (QED) is 0.297. The molecule has 0 radical (unpaired) electrons. The lowest BCUT2D eigenvalue weighted by molar-refractivity contribution is 0.630. The van der Waals surface area contributed by atoms with E-state index >= 15 is 0 Å². The first-order chi connectivity index (χ1) is 16.0. The minimum Gasteiger partial charge on any atom is -0.283 e. The van der Waals surface area contributed by atoms with Crippen LogP contribution in [0.3, 0.4) is 0 Å². The Hall–Kier alpha value is -3.27. The highest BCUT2D eigenvalue weighted by molar-refractivity contribution is 7.14. The first-order valence-electron chi connectivity index (χ1n) is 10.3. The molecule has 9 heteroatoms. The molecule has 5 rings (SSSR count). The molecule has 1 aromatic carbocycles. The standard InChI is InChI=1S/C24H21N5OS3/c1-16-11-12-19(33-16)14-25-28-20(21-10-7-13-31-21)15-32-24(28)26-22-17(2)27(3)29(23(22)30)18-8-5-4-6-9-18/h4-15H,1-3H3. The Kier molecular flexibility index (Phi) is 5.84. The summed E-state index contributed by atoms with van der Waals surface area (Å²) >= 11 is 4.81. The minimum absolute atomic E-state index is 0.156. The summed E-state index contributed by atoms with van der Waals surface area (Å²) in [6, 6.07) is 17.8. The summed E-state index contributed by atoms with van der Waals surface area (Å²) in [5.41, 5.74) is 2.81. The van der Waals surface area contributed by atoms with E-state index in [4.69, 9.17) is 10.1 Å². The molecule has 0 bridgehead atoms. The van der Waals surface area contributed by atoms with Gasteiger partial charge >= 0.3 is 0 Å². The van der Waals surface area contributed by atoms with Crippen LogP contribution in [-0.2, 0) is 7.05 Å². The lowest BCUT2D eigenvalue weighted by Crippen LogP contribution is -2.19. The van der Waals surface area contributed by atoms with E-state index in [9.17, 15) is 4.79 Å². The second-order valence-corrected chi connectivity index (χ2v) is 10.5. The molecule has 0 saturated carbocycles. The average molecular weight is 492 g/mol. The van der Waals surface area contributed by atoms with Gasteiger partial charge in [0.2, 0.25) is 4.80 Å². The molecule has 0 atom stereocenters. The summed E-state index contributed by atoms with van der Waals surface area (Å²) < 4.78 is 5.31. The maximum atomic E-state index is 13.4. The van der Waals surface area contributed by atoms with Crippen molar-refractivity contribution in [3.63, 3.8) is 0 Å². The minimum atomic E-state index is -0.156. The normalized spacial score (nSPS) is 12.3. The number of rotatable bonds is 5. The van der Waals surface area contributed by atoms with Gasteiger partial charge < -0.3 is 0 Å². The molecule has 0 unspecified atom stereocenters. The highest BCUT2D eigenvalue weighted by Crippen LogP contribution is 2.26. The van der Waals surface area contributed by atoms with Gasteiger partial charge in [0.1, 0.15) is 0 Å². The fourth-order valence-electron chi connectivity index (χ4n) is 3.50. The molecule has 0 spiro atoms. The van der Waals surface area contributed by atoms with E-state index in [1.807, 2.05) is 76.7 Å². The van der Waals surface area contributed by atoms with Gasteiger partial charge in [-0.3, -0.25) is 9.48 Å². The van der Waals surface area contributed by atoms with Gasteiger partial charge in [-0.15, -0.1) is 34.0 Å². The van der Waals surface area contributed by atoms with Crippen LogP contribution in [0.25, 0.3) is 16.3 Å². The Morgan fingerprint density at radius 3 is 2.48 bits per heavy atom. The first-order valence-corrected chi connectivity index (χ1v) is 12.8. The molecule has 4 heterocycles. The maximum Gasteiger partial charge on any atom is 0.297 e. The van der Waals surface area contributed by atoms with Crippen LogP contribution < -0.4 is 10.4 Å². The SMILES string of the molecule is Cc1ccc(C=Nn2c(-c3cccs3)csc2=Nc2c(C)n(C)n(-c3ccccc3)c2=O)s1. The fourth-order valence-corrected chi connectivity index (χ4v) is 5.88. The zero-order valence-electron chi connectivity index (χ0n) is 18.3. The fraction of sp³-hybridized carbons (Fsp3) is 0.125. The average Bonchev–Trinajstić information content (AvgIpc) is 3.59. The summed E-state index contributed by atoms with van der Waals surface area (Å²) in [7, 11) is 1.87. The van der Waals surface area contributed by atoms with E-state index in [1.54, 1.807) is 27.4 Å². The molecular formula is C24H21N5OS3. The zero-order valence-corrected chi connectivity index (χ0v) is 20.7. The van der Waals surface area contributed by atoms with Crippen molar-refractivity contribution in [3.8, 4) is 16.3 Å². The summed E-state index contributed by atoms with van der Waals surface area (Å²) in [6.45, 7) is 3.99. The van der Waals surface area contributed by atoms with Gasteiger partial charge in [0.25, 0.3) is 5.56 Å². The summed E-state index contributed by atoms with van der Waals surface area (Å²) in [6.07, 6.45) is 1.85. The molecule has 0 fully saturated rings. The van der Waals surface area contributed by atoms with Crippen molar-refractivity contribution in [2.45, 2.75) is 13.8 Å². The smallest absolute Gasteiger partial charge is 0.283 e. The van der Waals surface area contributed by atoms with Crippen LogP contribution in [-0.4, -0.2) is 20.3 Å². The molecule has 33 heavy (non-hydrogen) atoms. The number of hydrogen-bond acceptors (Lipinski definition) is 6. The molecular weight excluding hydrogens is 470 g/mol. The number of thiazole rings is 1. The lowest BCUT2D eigenvalue weighted by Gasteiger charge is -2.07. The molecule has 166 valence electrons. The molecule has 6 nitrogen and oxygen atoms in total. The Labute approximate surface area is 202 Å². The summed E-state index contributed by atoms with van der Waals surface area (Å²) in [5, 5.41) is 8.84. The number of benzene rings is 1. The number of aromatic nitrogens is 3. The number of aryl methyl sites for hydroxylation is 1. The van der Waals surface area contributed by atoms with Crippen molar-refractivity contribution >= 4 is 45.9 Å². The highest BCUT2D eigenvalue weighted by Gasteiger charge is 2.17. The highest BCUT2D eigenvalue weighted by atomic mass is 32.1. The second-order valence-electron chi connectivity index (χ2n) is 7.41. The third kappa shape index (κ3) is 4.10. The van der Waals surface area contributed by atoms with Crippen molar-refractivity contribution in [2.24, 2.45) is 17.1 Å². The zero-order chi connectivity index (χ0) is 22.9. The van der Waals surface area contributed by atoms with E-state index in [2.05, 4.69) is 25.1 Å². The number of hydrogen-bond donors (Lipinski definition) is 0. The van der Waals surface area contributed by atoms with Gasteiger partial charge in [0, 0.05) is 22.2 Å². The monoisotopic (exact) mass is 491 g/mol. The predicted octanol–water partition coefficient (Wildman–Crippen LogP) is 5.56. The van der Waals surface area contributed by atoms with Crippen molar-refractivity contribution < 1.29 is 0 Å². The van der Waals surface area contributed by atoms with Gasteiger partial charge in [-0.05, 0) is 49.6 Å². The molecule has 5 aromatic rings. The van der Waals surface area contributed by atoms with Crippen LogP contribution in [0.15, 0.2) is 80.2 Å². The van der Waals surface area contributed by atoms with Crippen LogP contribution in [0.2, 0.25) is 0 Å². The number of nitrogens with zero attached hydrogens (tertiary/aromatic N) is 5. The third-order valence-corrected chi connectivity index (χ3v) is 7.90. The van der Waals surface area contributed by atoms with Gasteiger partial charge in [0.15, 0.2) is 5.69 Å². The third-order valence-electron chi connectivity index (χ3n) is 5.25. The van der Waals surface area contributed by atoms with Gasteiger partial charge in [-0.25, -0.2) is 14.4 Å². The lowest BCUT2D eigenvalue weighted by atomic mass is 10.3. The van der Waals surface area contributed by atoms with E-state index in [-0.39, 0.29) is 5.56 Å². The molecule has 0 aliphatic carbocycles. The van der Waals surface area contributed by atoms with Crippen molar-refractivity contribution in [1.29, 1.82) is 0 Å². The molecule has 0 N–H and O–H groups in total. The van der Waals surface area contributed by atoms with Crippen LogP contribution >= 0.6 is 34.0 Å². The predicted molar refractivity (Wildman–Crippen MR) is 139 cm³/mol. The van der Waals surface area contributed by atoms with Crippen LogP contribution in [0.1, 0.15) is 15.4 Å². The van der Waals surface area contributed by atoms with E-state index in [0.717, 1.165) is 26.8 Å². The molecule has 0 aliphatic rings. The first kappa shape index (κ1) is 21.6. The molecule has 0 saturated heterocycles. The van der Waals surface area contributed by atoms with Crippen molar-refractivity contribution in [1.82, 2.24) is 14.0 Å². The Morgan fingerprint density at radius 2 is 1.79 bits per heavy atom. The summed E-state index contributed by atoms with van der Waals surface area (Å²) in [4.78, 5) is 22.2. The number of thiophene rings is 2. The van der Waals surface area contributed by atoms with Gasteiger partial charge in [-0.2, -0.15) is 5.10 Å². The van der Waals surface area contributed by atoms with Crippen LogP contribution in [0.5, 0.6) is 0 Å². The van der Waals surface area contributed by atoms with E-state index in [1.165, 1.54) is 16.2 Å². The van der Waals surface area contributed by atoms with Crippen molar-refractivity contribution in [3.05, 3.63) is 96.0 Å². The molecule has 0 amide bonds. The summed E-state index contributed by atoms with van der Waals surface area (Å²) in [5.74, 6) is 0. The van der Waals surface area contributed by atoms with Crippen LogP contribution in [0, 0.1) is 13.8 Å². The maximum absolute atomic E-state index is 13.4. The Bertz CT molecular complexity index is 1560. The largest absolute Gasteiger partial charge is 0.297 e. The van der Waals surface area contributed by atoms with E-state index < -0.39 is 0 Å². The van der Waals surface area contributed by atoms with Crippen molar-refractivity contribution in [2.75, 3.05) is 0 Å². The van der Waals surface area contributed by atoms with Gasteiger partial charge in [-0.1, -0.05) is 24.3 Å². The van der Waals surface area contributed by atoms with Gasteiger partial charge in [0.05, 0.1) is 28.2 Å². The second kappa shape index (κ2) is 8.93. The topological polar surface area (TPSA) is 56.6 Å². The molecule has 4 aromatic heterocycles. The number of para-hydroxylation sites is 1. The molecule has 0 aliphatic heterocycles. The van der Waals surface area contributed by atoms with E-state index in [0.29, 0.717) is 10.5 Å². The van der Waals surface area contributed by atoms with Crippen LogP contribution in [0.4, 0.5) is 5.69 Å².